The second-order valence-corrected chi connectivity index (χ2v) is 2.03. The number of hydrogen-bond donors (Lipinski definition) is 0. The van der Waals surface area contributed by atoms with E-state index < -0.39 is 10.4 Å². The first-order chi connectivity index (χ1) is 3.56. The molecule has 0 unspecified atom stereocenters. The molecule has 4 nitrogen and oxygen atoms in total. The van der Waals surface area contributed by atoms with Crippen LogP contribution in [0.2, 0.25) is 0 Å². The van der Waals surface area contributed by atoms with Gasteiger partial charge in [0.15, 0.2) is 0 Å². The van der Waals surface area contributed by atoms with E-state index in [9.17, 15) is 13.0 Å². The van der Waals surface area contributed by atoms with Gasteiger partial charge in [-0.15, -0.1) is 6.58 Å². The van der Waals surface area contributed by atoms with E-state index in [1.165, 1.54) is 6.08 Å². The van der Waals surface area contributed by atoms with Crippen LogP contribution in [0.5, 0.6) is 0 Å². The van der Waals surface area contributed by atoms with E-state index in [0.29, 0.717) is 0 Å². The Hall–Kier alpha value is 0.610. The fraction of sp³-hybridized carbons (Fsp3) is 0.500. The molecule has 0 aromatic rings. The van der Waals surface area contributed by atoms with Crippen LogP contribution in [0.1, 0.15) is 7.43 Å². The van der Waals surface area contributed by atoms with Crippen LogP contribution in [-0.2, 0) is 14.6 Å². The summed E-state index contributed by atoms with van der Waals surface area (Å²) in [7, 11) is -4.51. The van der Waals surface area contributed by atoms with E-state index in [1.54, 1.807) is 0 Å². The van der Waals surface area contributed by atoms with Gasteiger partial charge in [0.2, 0.25) is 10.4 Å². The van der Waals surface area contributed by atoms with Crippen molar-refractivity contribution >= 4 is 10.4 Å². The number of rotatable bonds is 3. The molecule has 0 fully saturated rings. The zero-order chi connectivity index (χ0) is 6.62. The van der Waals surface area contributed by atoms with E-state index in [2.05, 4.69) is 10.8 Å². The SMILES string of the molecule is C.C=CCOS(=O)(=O)[O-].[Na+]. The Balaban J connectivity index is -0.000000245. The van der Waals surface area contributed by atoms with Crippen LogP contribution in [0.15, 0.2) is 12.7 Å². The molecule has 0 saturated heterocycles. The molecule has 0 aliphatic heterocycles. The largest absolute Gasteiger partial charge is 1.00 e. The molecule has 0 aliphatic rings. The van der Waals surface area contributed by atoms with Gasteiger partial charge in [0, 0.05) is 0 Å². The van der Waals surface area contributed by atoms with Crippen LogP contribution in [0, 0.1) is 0 Å². The van der Waals surface area contributed by atoms with Crippen molar-refractivity contribution in [1.82, 2.24) is 0 Å². The Labute approximate surface area is 83.5 Å². The maximum Gasteiger partial charge on any atom is 1.00 e. The van der Waals surface area contributed by atoms with Crippen molar-refractivity contribution < 1.29 is 46.7 Å². The molecule has 10 heavy (non-hydrogen) atoms. The second-order valence-electron chi connectivity index (χ2n) is 0.981. The zero-order valence-electron chi connectivity index (χ0n) is 5.03. The zero-order valence-corrected chi connectivity index (χ0v) is 7.85. The summed E-state index contributed by atoms with van der Waals surface area (Å²) >= 11 is 0. The van der Waals surface area contributed by atoms with Gasteiger partial charge in [-0.1, -0.05) is 13.5 Å². The molecule has 0 bridgehead atoms. The molecule has 0 N–H and O–H groups in total. The van der Waals surface area contributed by atoms with E-state index >= 15 is 0 Å². The smallest absolute Gasteiger partial charge is 0.726 e. The minimum atomic E-state index is -4.51. The van der Waals surface area contributed by atoms with Crippen LogP contribution >= 0.6 is 0 Å². The summed E-state index contributed by atoms with van der Waals surface area (Å²) in [4.78, 5) is 0. The molecule has 0 aliphatic carbocycles. The molecular formula is C4H9NaO4S. The van der Waals surface area contributed by atoms with Gasteiger partial charge >= 0.3 is 29.6 Å². The Bertz CT molecular complexity index is 162. The van der Waals surface area contributed by atoms with Gasteiger partial charge in [0.05, 0.1) is 6.61 Å². The predicted octanol–water partition coefficient (Wildman–Crippen LogP) is -2.71. The normalized spacial score (nSPS) is 8.90. The van der Waals surface area contributed by atoms with Gasteiger partial charge in [-0.25, -0.2) is 8.42 Å². The monoisotopic (exact) mass is 176 g/mol. The van der Waals surface area contributed by atoms with Crippen LogP contribution in [0.3, 0.4) is 0 Å². The van der Waals surface area contributed by atoms with Gasteiger partial charge in [0.25, 0.3) is 0 Å². The molecule has 0 aromatic carbocycles. The predicted molar refractivity (Wildman–Crippen MR) is 32.6 cm³/mol. The maximum absolute atomic E-state index is 9.56. The van der Waals surface area contributed by atoms with E-state index in [1.807, 2.05) is 0 Å². The molecule has 0 heterocycles. The molecule has 0 amide bonds. The molecule has 6 heteroatoms. The third-order valence-electron chi connectivity index (χ3n) is 0.330. The molecule has 0 spiro atoms. The van der Waals surface area contributed by atoms with Crippen molar-refractivity contribution in [3.05, 3.63) is 12.7 Å². The van der Waals surface area contributed by atoms with Gasteiger partial charge in [-0.3, -0.25) is 4.18 Å². The summed E-state index contributed by atoms with van der Waals surface area (Å²) in [5, 5.41) is 0. The van der Waals surface area contributed by atoms with Crippen LogP contribution in [0.25, 0.3) is 0 Å². The summed E-state index contributed by atoms with van der Waals surface area (Å²) in [6.07, 6.45) is 1.18. The first-order valence-corrected chi connectivity index (χ1v) is 3.11. The molecule has 56 valence electrons. The van der Waals surface area contributed by atoms with E-state index in [-0.39, 0.29) is 43.6 Å². The van der Waals surface area contributed by atoms with Crippen molar-refractivity contribution in [2.45, 2.75) is 7.43 Å². The van der Waals surface area contributed by atoms with Gasteiger partial charge in [-0.05, 0) is 0 Å². The average molecular weight is 176 g/mol. The second kappa shape index (κ2) is 7.71. The summed E-state index contributed by atoms with van der Waals surface area (Å²) < 4.78 is 32.4. The molecule has 0 aromatic heterocycles. The van der Waals surface area contributed by atoms with Crippen molar-refractivity contribution in [2.75, 3.05) is 6.61 Å². The van der Waals surface area contributed by atoms with Crippen molar-refractivity contribution in [2.24, 2.45) is 0 Å². The third-order valence-corrected chi connectivity index (χ3v) is 0.755. The van der Waals surface area contributed by atoms with Gasteiger partial charge in [-0.2, -0.15) is 0 Å². The fourth-order valence-electron chi connectivity index (χ4n) is 0.131. The standard InChI is InChI=1S/C3H6O4S.CH4.Na/c1-2-3-7-8(4,5)6;;/h2H,1,3H2,(H,4,5,6);1H4;/q;;+1/p-1. The minimum Gasteiger partial charge on any atom is -0.726 e. The summed E-state index contributed by atoms with van der Waals surface area (Å²) in [5.74, 6) is 0. The van der Waals surface area contributed by atoms with Gasteiger partial charge < -0.3 is 4.55 Å². The topological polar surface area (TPSA) is 66.4 Å². The fourth-order valence-corrected chi connectivity index (χ4v) is 0.394. The minimum absolute atomic E-state index is 0. The quantitative estimate of drug-likeness (QED) is 0.203. The van der Waals surface area contributed by atoms with Gasteiger partial charge in [0.1, 0.15) is 0 Å². The van der Waals surface area contributed by atoms with Crippen LogP contribution < -0.4 is 29.6 Å². The third kappa shape index (κ3) is 15.8. The van der Waals surface area contributed by atoms with Crippen molar-refractivity contribution in [3.63, 3.8) is 0 Å². The maximum atomic E-state index is 9.56. The number of hydrogen-bond acceptors (Lipinski definition) is 4. The Morgan fingerprint density at radius 3 is 2.10 bits per heavy atom. The Kier molecular flexibility index (Phi) is 13.1. The van der Waals surface area contributed by atoms with E-state index in [0.717, 1.165) is 0 Å². The average Bonchev–Trinajstić information content (AvgIpc) is 1.59. The molecule has 0 saturated carbocycles. The summed E-state index contributed by atoms with van der Waals surface area (Å²) in [5.41, 5.74) is 0. The van der Waals surface area contributed by atoms with E-state index in [4.69, 9.17) is 0 Å². The molecule has 0 radical (unpaired) electrons. The first-order valence-electron chi connectivity index (χ1n) is 1.77. The molecule has 0 atom stereocenters. The molecule has 0 rings (SSSR count). The van der Waals surface area contributed by atoms with Crippen LogP contribution in [0.4, 0.5) is 0 Å². The summed E-state index contributed by atoms with van der Waals surface area (Å²) in [6.45, 7) is 2.88. The van der Waals surface area contributed by atoms with Crippen molar-refractivity contribution in [1.29, 1.82) is 0 Å². The molecular weight excluding hydrogens is 167 g/mol. The first kappa shape index (κ1) is 16.9. The van der Waals surface area contributed by atoms with Crippen molar-refractivity contribution in [3.8, 4) is 0 Å². The summed E-state index contributed by atoms with van der Waals surface area (Å²) in [6, 6.07) is 0. The Morgan fingerprint density at radius 2 is 2.00 bits per heavy atom. The Morgan fingerprint density at radius 1 is 1.60 bits per heavy atom. The van der Waals surface area contributed by atoms with Crippen LogP contribution in [-0.4, -0.2) is 19.6 Å².